The zero-order valence-corrected chi connectivity index (χ0v) is 12.4. The summed E-state index contributed by atoms with van der Waals surface area (Å²) in [5.41, 5.74) is 4.40. The number of hydrogen-bond acceptors (Lipinski definition) is 8. The van der Waals surface area contributed by atoms with E-state index < -0.39 is 21.2 Å². The van der Waals surface area contributed by atoms with Crippen LogP contribution in [0.4, 0.5) is 22.7 Å². The van der Waals surface area contributed by atoms with Crippen molar-refractivity contribution in [3.63, 3.8) is 0 Å². The lowest BCUT2D eigenvalue weighted by molar-refractivity contribution is -0.422. The van der Waals surface area contributed by atoms with Crippen molar-refractivity contribution in [2.75, 3.05) is 12.8 Å². The minimum absolute atomic E-state index is 0.0254. The van der Waals surface area contributed by atoms with Gasteiger partial charge in [-0.25, -0.2) is 0 Å². The molecule has 0 amide bonds. The van der Waals surface area contributed by atoms with Gasteiger partial charge >= 0.3 is 11.4 Å². The number of ether oxygens (including phenoxy) is 1. The van der Waals surface area contributed by atoms with E-state index in [1.807, 2.05) is 0 Å². The van der Waals surface area contributed by atoms with Crippen LogP contribution in [0.5, 0.6) is 11.5 Å². The second-order valence-electron chi connectivity index (χ2n) is 4.60. The van der Waals surface area contributed by atoms with Crippen LogP contribution in [0.25, 0.3) is 0 Å². The molecule has 0 aliphatic carbocycles. The summed E-state index contributed by atoms with van der Waals surface area (Å²) in [5, 5.41) is 31.6. The summed E-state index contributed by atoms with van der Waals surface area (Å²) in [6.45, 7) is 0. The van der Waals surface area contributed by atoms with E-state index in [1.165, 1.54) is 25.5 Å². The second-order valence-corrected chi connectivity index (χ2v) is 4.60. The third-order valence-electron chi connectivity index (χ3n) is 3.10. The average molecular weight is 332 g/mol. The van der Waals surface area contributed by atoms with Gasteiger partial charge in [0.05, 0.1) is 34.4 Å². The minimum Gasteiger partial charge on any atom is -0.507 e. The Balaban J connectivity index is 2.44. The van der Waals surface area contributed by atoms with Crippen LogP contribution in [0.15, 0.2) is 35.3 Å². The van der Waals surface area contributed by atoms with Crippen molar-refractivity contribution in [3.8, 4) is 11.5 Å². The van der Waals surface area contributed by atoms with Gasteiger partial charge in [-0.1, -0.05) is 0 Å². The van der Waals surface area contributed by atoms with Gasteiger partial charge in [0.2, 0.25) is 0 Å². The van der Waals surface area contributed by atoms with Crippen molar-refractivity contribution in [2.24, 2.45) is 4.99 Å². The van der Waals surface area contributed by atoms with Crippen LogP contribution in [-0.2, 0) is 0 Å². The molecule has 0 saturated carbocycles. The molecular weight excluding hydrogens is 320 g/mol. The molecule has 0 aromatic heterocycles. The second kappa shape index (κ2) is 6.60. The highest BCUT2D eigenvalue weighted by Crippen LogP contribution is 2.36. The number of methoxy groups -OCH3 is 1. The van der Waals surface area contributed by atoms with Gasteiger partial charge in [0.15, 0.2) is 0 Å². The van der Waals surface area contributed by atoms with Crippen LogP contribution in [0.2, 0.25) is 0 Å². The Morgan fingerprint density at radius 3 is 2.33 bits per heavy atom. The first-order valence-corrected chi connectivity index (χ1v) is 6.47. The maximum atomic E-state index is 10.9. The van der Waals surface area contributed by atoms with Gasteiger partial charge in [0.1, 0.15) is 11.5 Å². The number of rotatable bonds is 5. The molecule has 0 aliphatic heterocycles. The predicted molar refractivity (Wildman–Crippen MR) is 86.1 cm³/mol. The summed E-state index contributed by atoms with van der Waals surface area (Å²) < 4.78 is 4.95. The van der Waals surface area contributed by atoms with Gasteiger partial charge in [-0.2, -0.15) is 0 Å². The van der Waals surface area contributed by atoms with Crippen molar-refractivity contribution in [1.82, 2.24) is 0 Å². The number of nitrogen functional groups attached to an aromatic ring is 1. The molecule has 10 heteroatoms. The summed E-state index contributed by atoms with van der Waals surface area (Å²) in [5.74, 6) is 0.322. The Hall–Kier alpha value is -3.69. The van der Waals surface area contributed by atoms with Gasteiger partial charge in [0.25, 0.3) is 0 Å². The number of phenols is 1. The molecule has 2 aromatic rings. The summed E-state index contributed by atoms with van der Waals surface area (Å²) >= 11 is 0. The molecule has 124 valence electrons. The first-order chi connectivity index (χ1) is 11.3. The minimum atomic E-state index is -0.892. The number of aromatic hydroxyl groups is 1. The van der Waals surface area contributed by atoms with E-state index in [9.17, 15) is 25.3 Å². The van der Waals surface area contributed by atoms with E-state index in [0.717, 1.165) is 12.1 Å². The van der Waals surface area contributed by atoms with E-state index in [0.29, 0.717) is 11.3 Å². The number of benzene rings is 2. The van der Waals surface area contributed by atoms with Crippen molar-refractivity contribution < 1.29 is 19.7 Å². The quantitative estimate of drug-likeness (QED) is 0.369. The Labute approximate surface area is 135 Å². The molecule has 0 aliphatic rings. The van der Waals surface area contributed by atoms with Crippen molar-refractivity contribution in [3.05, 3.63) is 56.1 Å². The molecule has 0 atom stereocenters. The first-order valence-electron chi connectivity index (χ1n) is 6.47. The fourth-order valence-electron chi connectivity index (χ4n) is 1.88. The maximum Gasteiger partial charge on any atom is 0.348 e. The number of nitrogens with zero attached hydrogens (tertiary/aromatic N) is 3. The van der Waals surface area contributed by atoms with Crippen molar-refractivity contribution in [1.29, 1.82) is 0 Å². The molecule has 0 fully saturated rings. The number of nitro groups is 2. The lowest BCUT2D eigenvalue weighted by Gasteiger charge is -2.04. The fraction of sp³-hybridized carbons (Fsp3) is 0.0714. The summed E-state index contributed by atoms with van der Waals surface area (Å²) in [6, 6.07) is 6.25. The fourth-order valence-corrected chi connectivity index (χ4v) is 1.88. The molecule has 0 radical (unpaired) electrons. The Bertz CT molecular complexity index is 849. The lowest BCUT2D eigenvalue weighted by atomic mass is 10.2. The van der Waals surface area contributed by atoms with Crippen LogP contribution in [0.3, 0.4) is 0 Å². The Morgan fingerprint density at radius 2 is 1.79 bits per heavy atom. The van der Waals surface area contributed by atoms with E-state index in [-0.39, 0.29) is 17.1 Å². The highest BCUT2D eigenvalue weighted by Gasteiger charge is 2.26. The van der Waals surface area contributed by atoms with E-state index >= 15 is 0 Å². The number of aliphatic imine (C=N–C) groups is 1. The molecule has 0 bridgehead atoms. The molecule has 2 rings (SSSR count). The average Bonchev–Trinajstić information content (AvgIpc) is 2.53. The highest BCUT2D eigenvalue weighted by molar-refractivity contribution is 5.88. The maximum absolute atomic E-state index is 10.9. The molecule has 3 N–H and O–H groups in total. The van der Waals surface area contributed by atoms with Crippen LogP contribution in [-0.4, -0.2) is 28.3 Å². The lowest BCUT2D eigenvalue weighted by Crippen LogP contribution is -1.98. The molecule has 2 aromatic carbocycles. The number of nitrogens with two attached hydrogens (primary N) is 1. The Kier molecular flexibility index (Phi) is 4.59. The smallest absolute Gasteiger partial charge is 0.348 e. The van der Waals surface area contributed by atoms with Gasteiger partial charge in [-0.15, -0.1) is 0 Å². The monoisotopic (exact) mass is 332 g/mol. The summed E-state index contributed by atoms with van der Waals surface area (Å²) in [7, 11) is 1.44. The normalized spacial score (nSPS) is 10.7. The number of nitro benzene ring substituents is 2. The zero-order valence-electron chi connectivity index (χ0n) is 12.4. The molecule has 10 nitrogen and oxygen atoms in total. The molecule has 0 unspecified atom stereocenters. The number of anilines is 1. The van der Waals surface area contributed by atoms with Gasteiger partial charge in [0, 0.05) is 23.9 Å². The zero-order chi connectivity index (χ0) is 17.9. The number of hydrogen-bond donors (Lipinski definition) is 2. The first kappa shape index (κ1) is 16.7. The van der Waals surface area contributed by atoms with Crippen LogP contribution < -0.4 is 10.5 Å². The van der Waals surface area contributed by atoms with Gasteiger partial charge in [-0.05, 0) is 12.1 Å². The largest absolute Gasteiger partial charge is 0.507 e. The van der Waals surface area contributed by atoms with E-state index in [4.69, 9.17) is 10.5 Å². The SMILES string of the molecule is COc1ccc(C=Nc2cc([N+](=O)[O-])c([N+](=O)[O-])cc2N)c(O)c1. The molecule has 0 saturated heterocycles. The Morgan fingerprint density at radius 1 is 1.17 bits per heavy atom. The third-order valence-corrected chi connectivity index (χ3v) is 3.10. The summed E-state index contributed by atoms with van der Waals surface area (Å²) in [6.07, 6.45) is 1.23. The van der Waals surface area contributed by atoms with Crippen molar-refractivity contribution >= 4 is 29.0 Å². The standard InChI is InChI=1S/C14H12N4O6/c1-24-9-3-2-8(14(19)4-9)7-16-11-6-13(18(22)23)12(17(20)21)5-10(11)15/h2-7,19H,15H2,1H3. The molecule has 0 heterocycles. The van der Waals surface area contributed by atoms with Crippen LogP contribution in [0, 0.1) is 20.2 Å². The molecule has 0 spiro atoms. The van der Waals surface area contributed by atoms with Gasteiger partial charge < -0.3 is 15.6 Å². The summed E-state index contributed by atoms with van der Waals surface area (Å²) in [4.78, 5) is 24.0. The van der Waals surface area contributed by atoms with Crippen LogP contribution in [0.1, 0.15) is 5.56 Å². The third kappa shape index (κ3) is 3.38. The topological polar surface area (TPSA) is 154 Å². The van der Waals surface area contributed by atoms with Crippen molar-refractivity contribution in [2.45, 2.75) is 0 Å². The van der Waals surface area contributed by atoms with Crippen LogP contribution >= 0.6 is 0 Å². The van der Waals surface area contributed by atoms with E-state index in [2.05, 4.69) is 4.99 Å². The van der Waals surface area contributed by atoms with E-state index in [1.54, 1.807) is 6.07 Å². The molecule has 24 heavy (non-hydrogen) atoms. The number of phenolic OH excluding ortho intramolecular Hbond substituents is 1. The van der Waals surface area contributed by atoms with Gasteiger partial charge in [-0.3, -0.25) is 25.2 Å². The highest BCUT2D eigenvalue weighted by atomic mass is 16.6. The molecular formula is C14H12N4O6. The predicted octanol–water partition coefficient (Wildman–Crippen LogP) is 2.55.